The number of fused-ring (bicyclic) bond motifs is 2. The van der Waals surface area contributed by atoms with E-state index in [2.05, 4.69) is 30.1 Å². The second-order valence-electron chi connectivity index (χ2n) is 8.76. The number of aromatic nitrogens is 1. The second-order valence-corrected chi connectivity index (χ2v) is 9.78. The fourth-order valence-electron chi connectivity index (χ4n) is 4.80. The van der Waals surface area contributed by atoms with Gasteiger partial charge in [0.15, 0.2) is 0 Å². The first kappa shape index (κ1) is 20.3. The van der Waals surface area contributed by atoms with Gasteiger partial charge < -0.3 is 15.0 Å². The highest BCUT2D eigenvalue weighted by Gasteiger charge is 2.28. The number of rotatable bonds is 4. The van der Waals surface area contributed by atoms with Crippen LogP contribution in [0, 0.1) is 0 Å². The van der Waals surface area contributed by atoms with E-state index in [4.69, 9.17) is 9.72 Å². The van der Waals surface area contributed by atoms with E-state index in [1.54, 1.807) is 11.3 Å². The molecule has 1 aromatic carbocycles. The molecule has 0 aliphatic carbocycles. The van der Waals surface area contributed by atoms with Crippen LogP contribution >= 0.6 is 11.3 Å². The zero-order chi connectivity index (χ0) is 21.4. The summed E-state index contributed by atoms with van der Waals surface area (Å²) in [5.74, 6) is 1.09. The van der Waals surface area contributed by atoms with Crippen LogP contribution in [0.4, 0.5) is 5.69 Å². The van der Waals surface area contributed by atoms with Gasteiger partial charge in [-0.3, -0.25) is 9.78 Å². The average Bonchev–Trinajstić information content (AvgIpc) is 3.20. The molecule has 0 unspecified atom stereocenters. The summed E-state index contributed by atoms with van der Waals surface area (Å²) >= 11 is 1.60. The lowest BCUT2D eigenvalue weighted by atomic mass is 9.99. The Kier molecular flexibility index (Phi) is 5.57. The summed E-state index contributed by atoms with van der Waals surface area (Å²) in [6, 6.07) is 10.1. The van der Waals surface area contributed by atoms with Crippen molar-refractivity contribution in [3.05, 3.63) is 52.5 Å². The summed E-state index contributed by atoms with van der Waals surface area (Å²) in [6.07, 6.45) is 6.43. The molecule has 1 atom stereocenters. The maximum atomic E-state index is 13.5. The van der Waals surface area contributed by atoms with Crippen LogP contribution < -0.4 is 15.0 Å². The summed E-state index contributed by atoms with van der Waals surface area (Å²) in [5.41, 5.74) is 4.34. The zero-order valence-corrected chi connectivity index (χ0v) is 19.0. The minimum Gasteiger partial charge on any atom is -0.493 e. The number of hydrogen-bond donors (Lipinski definition) is 1. The van der Waals surface area contributed by atoms with Gasteiger partial charge in [-0.2, -0.15) is 0 Å². The van der Waals surface area contributed by atoms with Crippen LogP contribution in [0.1, 0.15) is 72.3 Å². The molecule has 162 valence electrons. The van der Waals surface area contributed by atoms with Gasteiger partial charge in [-0.15, -0.1) is 11.3 Å². The smallest absolute Gasteiger partial charge is 0.262 e. The molecule has 5 rings (SSSR count). The number of carbonyl (C=O) groups excluding carboxylic acids is 1. The maximum absolute atomic E-state index is 13.5. The van der Waals surface area contributed by atoms with Gasteiger partial charge in [0.1, 0.15) is 5.75 Å². The molecule has 6 heteroatoms. The van der Waals surface area contributed by atoms with Crippen molar-refractivity contribution in [1.82, 2.24) is 10.3 Å². The van der Waals surface area contributed by atoms with Gasteiger partial charge in [-0.1, -0.05) is 32.0 Å². The van der Waals surface area contributed by atoms with E-state index >= 15 is 0 Å². The van der Waals surface area contributed by atoms with Gasteiger partial charge in [0.05, 0.1) is 33.4 Å². The number of piperidine rings is 1. The van der Waals surface area contributed by atoms with Crippen LogP contribution in [0.5, 0.6) is 5.75 Å². The van der Waals surface area contributed by atoms with E-state index in [1.165, 1.54) is 24.9 Å². The Labute approximate surface area is 187 Å². The highest BCUT2D eigenvalue weighted by Crippen LogP contribution is 2.41. The van der Waals surface area contributed by atoms with Crippen LogP contribution in [-0.2, 0) is 0 Å². The number of carbonyl (C=O) groups is 1. The predicted molar refractivity (Wildman–Crippen MR) is 127 cm³/mol. The van der Waals surface area contributed by atoms with Crippen LogP contribution in [0.25, 0.3) is 10.2 Å². The molecule has 1 saturated heterocycles. The normalized spacial score (nSPS) is 18.7. The fourth-order valence-corrected chi connectivity index (χ4v) is 6.16. The molecule has 2 aliphatic rings. The molecule has 0 radical (unpaired) electrons. The Morgan fingerprint density at radius 3 is 2.81 bits per heavy atom. The van der Waals surface area contributed by atoms with Gasteiger partial charge in [0.2, 0.25) is 0 Å². The number of benzene rings is 1. The molecule has 4 heterocycles. The number of nitrogens with one attached hydrogen (secondary N) is 1. The van der Waals surface area contributed by atoms with Gasteiger partial charge >= 0.3 is 0 Å². The average molecular weight is 436 g/mol. The molecule has 0 saturated carbocycles. The summed E-state index contributed by atoms with van der Waals surface area (Å²) in [6.45, 7) is 7.07. The summed E-state index contributed by atoms with van der Waals surface area (Å²) in [4.78, 5) is 21.5. The molecule has 2 aliphatic heterocycles. The van der Waals surface area contributed by atoms with Crippen molar-refractivity contribution >= 4 is 33.1 Å². The van der Waals surface area contributed by atoms with E-state index in [0.29, 0.717) is 6.61 Å². The summed E-state index contributed by atoms with van der Waals surface area (Å²) < 4.78 is 6.91. The minimum absolute atomic E-state index is 0.00185. The molecule has 0 spiro atoms. The Balaban J connectivity index is 1.52. The van der Waals surface area contributed by atoms with Crippen LogP contribution in [0.15, 0.2) is 36.5 Å². The van der Waals surface area contributed by atoms with Crippen molar-refractivity contribution in [3.8, 4) is 5.75 Å². The Hall–Kier alpha value is -2.60. The molecule has 2 aromatic heterocycles. The number of para-hydroxylation sites is 1. The first-order valence-corrected chi connectivity index (χ1v) is 12.1. The first-order chi connectivity index (χ1) is 15.1. The van der Waals surface area contributed by atoms with E-state index in [9.17, 15) is 4.79 Å². The Morgan fingerprint density at radius 1 is 1.19 bits per heavy atom. The number of anilines is 1. The predicted octanol–water partition coefficient (Wildman–Crippen LogP) is 5.66. The second kappa shape index (κ2) is 8.50. The third kappa shape index (κ3) is 3.78. The summed E-state index contributed by atoms with van der Waals surface area (Å²) in [7, 11) is 0. The minimum atomic E-state index is -0.0304. The molecule has 1 N–H and O–H groups in total. The molecule has 1 amide bonds. The zero-order valence-electron chi connectivity index (χ0n) is 18.2. The van der Waals surface area contributed by atoms with Crippen molar-refractivity contribution in [2.24, 2.45) is 0 Å². The number of thiophene rings is 1. The molecule has 3 aromatic rings. The highest BCUT2D eigenvalue weighted by molar-refractivity contribution is 7.21. The lowest BCUT2D eigenvalue weighted by Gasteiger charge is -2.29. The van der Waals surface area contributed by atoms with Crippen molar-refractivity contribution in [3.63, 3.8) is 0 Å². The lowest BCUT2D eigenvalue weighted by molar-refractivity contribution is 0.0928. The standard InChI is InChI=1S/C25H29N3O2S/c1-16(2)21-22-23(19(10-12-26-22)28-13-6-3-7-14-28)31-24(21)25(29)27-18-11-15-30-20-9-5-4-8-17(18)20/h4-5,8-10,12,16,18H,3,6-7,11,13-15H2,1-2H3,(H,27,29)/t18-/m0/s1. The van der Waals surface area contributed by atoms with Gasteiger partial charge in [-0.25, -0.2) is 0 Å². The molecular formula is C25H29N3O2S. The monoisotopic (exact) mass is 435 g/mol. The van der Waals surface area contributed by atoms with E-state index in [0.717, 1.165) is 51.5 Å². The number of pyridine rings is 1. The van der Waals surface area contributed by atoms with E-state index in [1.807, 2.05) is 30.5 Å². The lowest BCUT2D eigenvalue weighted by Crippen LogP contribution is -2.32. The molecule has 5 nitrogen and oxygen atoms in total. The molecule has 1 fully saturated rings. The van der Waals surface area contributed by atoms with Gasteiger partial charge in [0, 0.05) is 36.8 Å². The molecule has 31 heavy (non-hydrogen) atoms. The van der Waals surface area contributed by atoms with Crippen LogP contribution in [0.3, 0.4) is 0 Å². The molecular weight excluding hydrogens is 406 g/mol. The topological polar surface area (TPSA) is 54.5 Å². The van der Waals surface area contributed by atoms with E-state index < -0.39 is 0 Å². The van der Waals surface area contributed by atoms with Crippen molar-refractivity contribution in [2.75, 3.05) is 24.6 Å². The third-order valence-corrected chi connectivity index (χ3v) is 7.55. The fraction of sp³-hybridized carbons (Fsp3) is 0.440. The van der Waals surface area contributed by atoms with Crippen molar-refractivity contribution in [1.29, 1.82) is 0 Å². The van der Waals surface area contributed by atoms with Gasteiger partial charge in [-0.05, 0) is 37.3 Å². The van der Waals surface area contributed by atoms with Gasteiger partial charge in [0.25, 0.3) is 5.91 Å². The number of ether oxygens (including phenoxy) is 1. The number of amides is 1. The van der Waals surface area contributed by atoms with Crippen molar-refractivity contribution in [2.45, 2.75) is 51.5 Å². The molecule has 0 bridgehead atoms. The number of nitrogens with zero attached hydrogens (tertiary/aromatic N) is 2. The first-order valence-electron chi connectivity index (χ1n) is 11.3. The Morgan fingerprint density at radius 2 is 2.00 bits per heavy atom. The quantitative estimate of drug-likeness (QED) is 0.574. The van der Waals surface area contributed by atoms with E-state index in [-0.39, 0.29) is 17.9 Å². The van der Waals surface area contributed by atoms with Crippen LogP contribution in [0.2, 0.25) is 0 Å². The maximum Gasteiger partial charge on any atom is 0.262 e. The third-order valence-electron chi connectivity index (χ3n) is 6.33. The largest absolute Gasteiger partial charge is 0.493 e. The highest BCUT2D eigenvalue weighted by atomic mass is 32.1. The SMILES string of the molecule is CC(C)c1c(C(=O)N[C@H]2CCOc3ccccc32)sc2c(N3CCCCC3)ccnc12. The summed E-state index contributed by atoms with van der Waals surface area (Å²) in [5, 5.41) is 3.30. The number of hydrogen-bond acceptors (Lipinski definition) is 5. The van der Waals surface area contributed by atoms with Crippen molar-refractivity contribution < 1.29 is 9.53 Å². The Bertz CT molecular complexity index is 1100. The van der Waals surface area contributed by atoms with Crippen LogP contribution in [-0.4, -0.2) is 30.6 Å².